The molecule has 1 unspecified atom stereocenters. The molecule has 0 saturated heterocycles. The third-order valence-electron chi connectivity index (χ3n) is 1.54. The van der Waals surface area contributed by atoms with Crippen LogP contribution in [0.2, 0.25) is 0 Å². The Balaban J connectivity index is 2.69. The number of nitrogens with zero attached hydrogens (tertiary/aromatic N) is 1. The highest BCUT2D eigenvalue weighted by molar-refractivity contribution is 7.81. The lowest BCUT2D eigenvalue weighted by Gasteiger charge is -2.06. The molecule has 0 saturated carbocycles. The molecule has 13 heavy (non-hydrogen) atoms. The molecule has 1 heterocycles. The van der Waals surface area contributed by atoms with Gasteiger partial charge in [-0.05, 0) is 26.0 Å². The van der Waals surface area contributed by atoms with Crippen LogP contribution in [-0.2, 0) is 4.79 Å². The molecule has 0 bridgehead atoms. The maximum atomic E-state index is 11.2. The molecule has 3 nitrogen and oxygen atoms in total. The van der Waals surface area contributed by atoms with Crippen LogP contribution >= 0.6 is 12.6 Å². The van der Waals surface area contributed by atoms with Gasteiger partial charge in [0.15, 0.2) is 0 Å². The van der Waals surface area contributed by atoms with E-state index < -0.39 is 0 Å². The van der Waals surface area contributed by atoms with E-state index in [1.807, 2.05) is 13.0 Å². The summed E-state index contributed by atoms with van der Waals surface area (Å²) in [5.41, 5.74) is 1.64. The standard InChI is InChI=1S/C9H12N2OS/c1-6-5-8(3-4-10-6)11-9(12)7(2)13/h3-5,7,13H,1-2H3,(H,10,11,12). The van der Waals surface area contributed by atoms with Gasteiger partial charge in [-0.3, -0.25) is 9.78 Å². The van der Waals surface area contributed by atoms with E-state index in [0.717, 1.165) is 11.4 Å². The van der Waals surface area contributed by atoms with E-state index in [1.165, 1.54) is 0 Å². The Kier molecular flexibility index (Phi) is 3.31. The third-order valence-corrected chi connectivity index (χ3v) is 1.78. The minimum absolute atomic E-state index is 0.103. The second-order valence-electron chi connectivity index (χ2n) is 2.85. The van der Waals surface area contributed by atoms with Crippen LogP contribution in [-0.4, -0.2) is 16.1 Å². The predicted octanol–water partition coefficient (Wildman–Crippen LogP) is 1.65. The van der Waals surface area contributed by atoms with Crippen molar-refractivity contribution in [2.45, 2.75) is 19.1 Å². The van der Waals surface area contributed by atoms with E-state index in [9.17, 15) is 4.79 Å². The summed E-state index contributed by atoms with van der Waals surface area (Å²) in [6, 6.07) is 3.56. The molecule has 0 radical (unpaired) electrons. The largest absolute Gasteiger partial charge is 0.325 e. The van der Waals surface area contributed by atoms with Gasteiger partial charge in [-0.2, -0.15) is 12.6 Å². The molecular weight excluding hydrogens is 184 g/mol. The number of carbonyl (C=O) groups excluding carboxylic acids is 1. The lowest BCUT2D eigenvalue weighted by molar-refractivity contribution is -0.115. The zero-order valence-corrected chi connectivity index (χ0v) is 8.51. The van der Waals surface area contributed by atoms with Crippen molar-refractivity contribution in [2.24, 2.45) is 0 Å². The van der Waals surface area contributed by atoms with Crippen molar-refractivity contribution in [3.05, 3.63) is 24.0 Å². The number of aryl methyl sites for hydroxylation is 1. The number of carbonyl (C=O) groups is 1. The number of rotatable bonds is 2. The summed E-state index contributed by atoms with van der Waals surface area (Å²) >= 11 is 4.02. The Morgan fingerprint density at radius 2 is 2.38 bits per heavy atom. The number of amides is 1. The van der Waals surface area contributed by atoms with E-state index in [2.05, 4.69) is 22.9 Å². The van der Waals surface area contributed by atoms with Crippen molar-refractivity contribution in [2.75, 3.05) is 5.32 Å². The zero-order valence-electron chi connectivity index (χ0n) is 7.61. The van der Waals surface area contributed by atoms with Gasteiger partial charge >= 0.3 is 0 Å². The van der Waals surface area contributed by atoms with Crippen LogP contribution in [0.15, 0.2) is 18.3 Å². The number of aromatic nitrogens is 1. The predicted molar refractivity (Wildman–Crippen MR) is 56.1 cm³/mol. The summed E-state index contributed by atoms with van der Waals surface area (Å²) in [7, 11) is 0. The summed E-state index contributed by atoms with van der Waals surface area (Å²) < 4.78 is 0. The fraction of sp³-hybridized carbons (Fsp3) is 0.333. The van der Waals surface area contributed by atoms with E-state index in [-0.39, 0.29) is 11.2 Å². The van der Waals surface area contributed by atoms with Crippen LogP contribution in [0.3, 0.4) is 0 Å². The van der Waals surface area contributed by atoms with E-state index in [4.69, 9.17) is 0 Å². The van der Waals surface area contributed by atoms with Crippen LogP contribution in [0.1, 0.15) is 12.6 Å². The average molecular weight is 196 g/mol. The van der Waals surface area contributed by atoms with E-state index in [1.54, 1.807) is 19.2 Å². The molecule has 1 aromatic heterocycles. The third kappa shape index (κ3) is 3.06. The summed E-state index contributed by atoms with van der Waals surface area (Å²) in [6.45, 7) is 3.60. The van der Waals surface area contributed by atoms with Crippen LogP contribution in [0, 0.1) is 6.92 Å². The molecular formula is C9H12N2OS. The summed E-state index contributed by atoms with van der Waals surface area (Å²) in [6.07, 6.45) is 1.66. The number of hydrogen-bond acceptors (Lipinski definition) is 3. The molecule has 0 fully saturated rings. The first kappa shape index (κ1) is 10.1. The molecule has 0 aliphatic rings. The van der Waals surface area contributed by atoms with Gasteiger partial charge in [-0.1, -0.05) is 0 Å². The number of pyridine rings is 1. The molecule has 0 aromatic carbocycles. The normalized spacial score (nSPS) is 12.2. The fourth-order valence-corrected chi connectivity index (χ4v) is 0.935. The van der Waals surface area contributed by atoms with Crippen molar-refractivity contribution < 1.29 is 4.79 Å². The van der Waals surface area contributed by atoms with Crippen LogP contribution in [0.4, 0.5) is 5.69 Å². The maximum Gasteiger partial charge on any atom is 0.236 e. The summed E-state index contributed by atoms with van der Waals surface area (Å²) in [5, 5.41) is 2.43. The molecule has 4 heteroatoms. The molecule has 70 valence electrons. The number of anilines is 1. The number of hydrogen-bond donors (Lipinski definition) is 2. The van der Waals surface area contributed by atoms with Crippen LogP contribution in [0.5, 0.6) is 0 Å². The molecule has 1 atom stereocenters. The van der Waals surface area contributed by atoms with Gasteiger partial charge in [0.2, 0.25) is 5.91 Å². The smallest absolute Gasteiger partial charge is 0.236 e. The maximum absolute atomic E-state index is 11.2. The zero-order chi connectivity index (χ0) is 9.84. The number of nitrogens with one attached hydrogen (secondary N) is 1. The van der Waals surface area contributed by atoms with Crippen molar-refractivity contribution >= 4 is 24.2 Å². The lowest BCUT2D eigenvalue weighted by atomic mass is 10.3. The first-order valence-corrected chi connectivity index (χ1v) is 4.53. The van der Waals surface area contributed by atoms with Gasteiger partial charge < -0.3 is 5.32 Å². The van der Waals surface area contributed by atoms with Crippen molar-refractivity contribution in [3.63, 3.8) is 0 Å². The van der Waals surface area contributed by atoms with E-state index >= 15 is 0 Å². The van der Waals surface area contributed by atoms with Crippen molar-refractivity contribution in [3.8, 4) is 0 Å². The quantitative estimate of drug-likeness (QED) is 0.706. The highest BCUT2D eigenvalue weighted by Gasteiger charge is 2.07. The SMILES string of the molecule is Cc1cc(NC(=O)C(C)S)ccn1. The van der Waals surface area contributed by atoms with Gasteiger partial charge in [-0.15, -0.1) is 0 Å². The second-order valence-corrected chi connectivity index (χ2v) is 3.63. The van der Waals surface area contributed by atoms with Crippen molar-refractivity contribution in [1.82, 2.24) is 4.98 Å². The summed E-state index contributed by atoms with van der Waals surface area (Å²) in [5.74, 6) is -0.103. The van der Waals surface area contributed by atoms with Crippen LogP contribution in [0.25, 0.3) is 0 Å². The van der Waals surface area contributed by atoms with Crippen LogP contribution < -0.4 is 5.32 Å². The Hall–Kier alpha value is -1.03. The summed E-state index contributed by atoms with van der Waals surface area (Å²) in [4.78, 5) is 15.2. The van der Waals surface area contributed by atoms with Gasteiger partial charge in [0.05, 0.1) is 5.25 Å². The highest BCUT2D eigenvalue weighted by atomic mass is 32.1. The molecule has 0 aliphatic heterocycles. The van der Waals surface area contributed by atoms with Gasteiger partial charge in [0.1, 0.15) is 0 Å². The molecule has 1 amide bonds. The molecule has 1 N–H and O–H groups in total. The Bertz CT molecular complexity index is 312. The first-order valence-electron chi connectivity index (χ1n) is 4.01. The van der Waals surface area contributed by atoms with Gasteiger partial charge in [-0.25, -0.2) is 0 Å². The fourth-order valence-electron chi connectivity index (χ4n) is 0.870. The van der Waals surface area contributed by atoms with Crippen molar-refractivity contribution in [1.29, 1.82) is 0 Å². The van der Waals surface area contributed by atoms with Gasteiger partial charge in [0.25, 0.3) is 0 Å². The minimum atomic E-state index is -0.298. The molecule has 0 spiro atoms. The monoisotopic (exact) mass is 196 g/mol. The highest BCUT2D eigenvalue weighted by Crippen LogP contribution is 2.08. The first-order chi connectivity index (χ1) is 6.09. The Morgan fingerprint density at radius 3 is 2.92 bits per heavy atom. The minimum Gasteiger partial charge on any atom is -0.325 e. The molecule has 1 rings (SSSR count). The Morgan fingerprint density at radius 1 is 1.69 bits per heavy atom. The molecule has 0 aliphatic carbocycles. The van der Waals surface area contributed by atoms with E-state index in [0.29, 0.717) is 0 Å². The molecule has 1 aromatic rings. The average Bonchev–Trinajstić information content (AvgIpc) is 2.04. The number of thiol groups is 1. The second kappa shape index (κ2) is 4.28. The topological polar surface area (TPSA) is 42.0 Å². The Labute approximate surface area is 83.0 Å². The lowest BCUT2D eigenvalue weighted by Crippen LogP contribution is -2.20. The van der Waals surface area contributed by atoms with Gasteiger partial charge in [0, 0.05) is 17.6 Å².